The standard InChI is InChI=1S/C17H19BrClN/c1-12-9-15(5-8-17(12)18)11-20-13(2)10-14-3-6-16(19)7-4-14/h3-9,13,20H,10-11H2,1-2H3. The number of aryl methyl sites for hydroxylation is 1. The van der Waals surface area contributed by atoms with E-state index in [1.54, 1.807) is 0 Å². The zero-order valence-corrected chi connectivity index (χ0v) is 14.1. The summed E-state index contributed by atoms with van der Waals surface area (Å²) in [5.74, 6) is 0. The van der Waals surface area contributed by atoms with Crippen LogP contribution in [0.15, 0.2) is 46.9 Å². The van der Waals surface area contributed by atoms with Crippen molar-refractivity contribution in [2.24, 2.45) is 0 Å². The molecule has 1 unspecified atom stereocenters. The number of hydrogen-bond acceptors (Lipinski definition) is 1. The van der Waals surface area contributed by atoms with Gasteiger partial charge in [0.25, 0.3) is 0 Å². The second kappa shape index (κ2) is 7.26. The van der Waals surface area contributed by atoms with E-state index in [0.29, 0.717) is 6.04 Å². The normalized spacial score (nSPS) is 12.4. The first-order valence-electron chi connectivity index (χ1n) is 6.77. The molecule has 0 heterocycles. The van der Waals surface area contributed by atoms with E-state index in [9.17, 15) is 0 Å². The third kappa shape index (κ3) is 4.62. The molecule has 1 N–H and O–H groups in total. The monoisotopic (exact) mass is 351 g/mol. The first-order valence-corrected chi connectivity index (χ1v) is 7.94. The minimum atomic E-state index is 0.431. The molecule has 2 aromatic rings. The van der Waals surface area contributed by atoms with Crippen LogP contribution in [0.5, 0.6) is 0 Å². The summed E-state index contributed by atoms with van der Waals surface area (Å²) >= 11 is 9.43. The number of hydrogen-bond donors (Lipinski definition) is 1. The molecule has 0 bridgehead atoms. The minimum Gasteiger partial charge on any atom is -0.310 e. The van der Waals surface area contributed by atoms with Crippen LogP contribution < -0.4 is 5.32 Å². The molecular formula is C17H19BrClN. The fourth-order valence-electron chi connectivity index (χ4n) is 2.16. The summed E-state index contributed by atoms with van der Waals surface area (Å²) in [5, 5.41) is 4.35. The lowest BCUT2D eigenvalue weighted by atomic mass is 10.1. The van der Waals surface area contributed by atoms with Crippen molar-refractivity contribution in [2.45, 2.75) is 32.9 Å². The van der Waals surface area contributed by atoms with Gasteiger partial charge in [-0.25, -0.2) is 0 Å². The first-order chi connectivity index (χ1) is 9.54. The van der Waals surface area contributed by atoms with Crippen molar-refractivity contribution in [3.8, 4) is 0 Å². The van der Waals surface area contributed by atoms with Gasteiger partial charge in [0.15, 0.2) is 0 Å². The summed E-state index contributed by atoms with van der Waals surface area (Å²) in [6.07, 6.45) is 1.01. The van der Waals surface area contributed by atoms with Gasteiger partial charge in [-0.2, -0.15) is 0 Å². The van der Waals surface area contributed by atoms with Gasteiger partial charge >= 0.3 is 0 Å². The number of benzene rings is 2. The molecule has 0 aliphatic carbocycles. The van der Waals surface area contributed by atoms with E-state index in [2.05, 4.69) is 65.4 Å². The molecule has 0 saturated heterocycles. The molecule has 0 saturated carbocycles. The lowest BCUT2D eigenvalue weighted by Crippen LogP contribution is -2.27. The molecule has 1 nitrogen and oxygen atoms in total. The Morgan fingerprint density at radius 2 is 1.75 bits per heavy atom. The second-order valence-electron chi connectivity index (χ2n) is 5.20. The number of halogens is 2. The van der Waals surface area contributed by atoms with Crippen LogP contribution in [0.1, 0.15) is 23.6 Å². The third-order valence-corrected chi connectivity index (χ3v) is 4.47. The van der Waals surface area contributed by atoms with Crippen LogP contribution in [-0.4, -0.2) is 6.04 Å². The number of nitrogens with one attached hydrogen (secondary N) is 1. The van der Waals surface area contributed by atoms with E-state index in [1.807, 2.05) is 12.1 Å². The predicted molar refractivity (Wildman–Crippen MR) is 90.3 cm³/mol. The van der Waals surface area contributed by atoms with E-state index in [-0.39, 0.29) is 0 Å². The average molecular weight is 353 g/mol. The Hall–Kier alpha value is -0.830. The Labute approximate surface area is 134 Å². The summed E-state index contributed by atoms with van der Waals surface area (Å²) in [7, 11) is 0. The van der Waals surface area contributed by atoms with Crippen LogP contribution in [0.2, 0.25) is 5.02 Å². The van der Waals surface area contributed by atoms with E-state index in [0.717, 1.165) is 22.5 Å². The van der Waals surface area contributed by atoms with Crippen molar-refractivity contribution in [3.05, 3.63) is 68.7 Å². The Kier molecular flexibility index (Phi) is 5.64. The lowest BCUT2D eigenvalue weighted by Gasteiger charge is -2.14. The molecular weight excluding hydrogens is 334 g/mol. The van der Waals surface area contributed by atoms with Gasteiger partial charge in [0.05, 0.1) is 0 Å². The third-order valence-electron chi connectivity index (χ3n) is 3.33. The zero-order chi connectivity index (χ0) is 14.5. The van der Waals surface area contributed by atoms with Gasteiger partial charge < -0.3 is 5.32 Å². The maximum atomic E-state index is 5.90. The van der Waals surface area contributed by atoms with Crippen molar-refractivity contribution in [1.82, 2.24) is 5.32 Å². The largest absolute Gasteiger partial charge is 0.310 e. The fraction of sp³-hybridized carbons (Fsp3) is 0.294. The molecule has 0 spiro atoms. The maximum Gasteiger partial charge on any atom is 0.0406 e. The van der Waals surface area contributed by atoms with Crippen LogP contribution in [0.3, 0.4) is 0 Å². The Morgan fingerprint density at radius 3 is 2.40 bits per heavy atom. The highest BCUT2D eigenvalue weighted by Crippen LogP contribution is 2.17. The van der Waals surface area contributed by atoms with Gasteiger partial charge in [0.1, 0.15) is 0 Å². The highest BCUT2D eigenvalue weighted by atomic mass is 79.9. The second-order valence-corrected chi connectivity index (χ2v) is 6.49. The first kappa shape index (κ1) is 15.6. The molecule has 1 atom stereocenters. The van der Waals surface area contributed by atoms with Crippen molar-refractivity contribution in [3.63, 3.8) is 0 Å². The van der Waals surface area contributed by atoms with Gasteiger partial charge in [-0.1, -0.05) is 51.8 Å². The SMILES string of the molecule is Cc1cc(CNC(C)Cc2ccc(Cl)cc2)ccc1Br. The van der Waals surface area contributed by atoms with Crippen LogP contribution in [0.4, 0.5) is 0 Å². The maximum absolute atomic E-state index is 5.90. The molecule has 20 heavy (non-hydrogen) atoms. The summed E-state index contributed by atoms with van der Waals surface area (Å²) in [4.78, 5) is 0. The van der Waals surface area contributed by atoms with Crippen molar-refractivity contribution in [2.75, 3.05) is 0 Å². The smallest absolute Gasteiger partial charge is 0.0406 e. The highest BCUT2D eigenvalue weighted by molar-refractivity contribution is 9.10. The topological polar surface area (TPSA) is 12.0 Å². The number of rotatable bonds is 5. The molecule has 0 radical (unpaired) electrons. The van der Waals surface area contributed by atoms with Gasteiger partial charge in [-0.05, 0) is 55.2 Å². The summed E-state index contributed by atoms with van der Waals surface area (Å²) in [5.41, 5.74) is 3.89. The zero-order valence-electron chi connectivity index (χ0n) is 11.8. The van der Waals surface area contributed by atoms with E-state index >= 15 is 0 Å². The van der Waals surface area contributed by atoms with Gasteiger partial charge in [0, 0.05) is 22.1 Å². The Morgan fingerprint density at radius 1 is 1.10 bits per heavy atom. The van der Waals surface area contributed by atoms with Crippen molar-refractivity contribution < 1.29 is 0 Å². The van der Waals surface area contributed by atoms with Gasteiger partial charge in [0.2, 0.25) is 0 Å². The highest BCUT2D eigenvalue weighted by Gasteiger charge is 2.04. The molecule has 0 aliphatic heterocycles. The van der Waals surface area contributed by atoms with Crippen LogP contribution in [-0.2, 0) is 13.0 Å². The molecule has 2 aromatic carbocycles. The molecule has 0 aliphatic rings. The van der Waals surface area contributed by atoms with Gasteiger partial charge in [-0.15, -0.1) is 0 Å². The summed E-state index contributed by atoms with van der Waals surface area (Å²) in [6, 6.07) is 15.0. The minimum absolute atomic E-state index is 0.431. The van der Waals surface area contributed by atoms with Crippen LogP contribution in [0.25, 0.3) is 0 Å². The Balaban J connectivity index is 1.86. The molecule has 0 aromatic heterocycles. The molecule has 2 rings (SSSR count). The van der Waals surface area contributed by atoms with Gasteiger partial charge in [-0.3, -0.25) is 0 Å². The van der Waals surface area contributed by atoms with E-state index in [4.69, 9.17) is 11.6 Å². The molecule has 0 amide bonds. The molecule has 3 heteroatoms. The van der Waals surface area contributed by atoms with Crippen molar-refractivity contribution >= 4 is 27.5 Å². The van der Waals surface area contributed by atoms with Crippen molar-refractivity contribution in [1.29, 1.82) is 0 Å². The lowest BCUT2D eigenvalue weighted by molar-refractivity contribution is 0.545. The summed E-state index contributed by atoms with van der Waals surface area (Å²) in [6.45, 7) is 5.22. The van der Waals surface area contributed by atoms with E-state index in [1.165, 1.54) is 16.7 Å². The quantitative estimate of drug-likeness (QED) is 0.786. The fourth-order valence-corrected chi connectivity index (χ4v) is 2.53. The Bertz CT molecular complexity index is 566. The predicted octanol–water partition coefficient (Wildman–Crippen LogP) is 5.13. The summed E-state index contributed by atoms with van der Waals surface area (Å²) < 4.78 is 1.16. The van der Waals surface area contributed by atoms with E-state index < -0.39 is 0 Å². The average Bonchev–Trinajstić information content (AvgIpc) is 2.43. The van der Waals surface area contributed by atoms with Crippen LogP contribution >= 0.6 is 27.5 Å². The molecule has 0 fully saturated rings. The molecule has 106 valence electrons. The van der Waals surface area contributed by atoms with Crippen LogP contribution in [0, 0.1) is 6.92 Å².